The summed E-state index contributed by atoms with van der Waals surface area (Å²) in [5.41, 5.74) is 0.763. The fourth-order valence-electron chi connectivity index (χ4n) is 3.11. The first-order valence-electron chi connectivity index (χ1n) is 10.3. The second-order valence-corrected chi connectivity index (χ2v) is 7.26. The highest BCUT2D eigenvalue weighted by atomic mass is 16.4. The van der Waals surface area contributed by atoms with E-state index in [1.807, 2.05) is 0 Å². The first-order chi connectivity index (χ1) is 13.0. The molecule has 1 rings (SSSR count). The molecule has 0 heterocycles. The molecule has 1 unspecified atom stereocenters. The van der Waals surface area contributed by atoms with Crippen molar-refractivity contribution in [3.8, 4) is 5.75 Å². The second-order valence-electron chi connectivity index (χ2n) is 7.26. The molecule has 0 spiro atoms. The van der Waals surface area contributed by atoms with Gasteiger partial charge in [-0.3, -0.25) is 4.79 Å². The Bertz CT molecular complexity index is 542. The number of rotatable bonds is 15. The number of hydrogen-bond donors (Lipinski definition) is 3. The molecule has 0 radical (unpaired) electrons. The predicted octanol–water partition coefficient (Wildman–Crippen LogP) is 4.82. The van der Waals surface area contributed by atoms with Gasteiger partial charge in [0.05, 0.1) is 0 Å². The van der Waals surface area contributed by atoms with Gasteiger partial charge in [-0.2, -0.15) is 0 Å². The Labute approximate surface area is 163 Å². The summed E-state index contributed by atoms with van der Waals surface area (Å²) in [6.07, 6.45) is 12.6. The molecule has 0 saturated carbocycles. The molecule has 1 aromatic carbocycles. The lowest BCUT2D eigenvalue weighted by molar-refractivity contribution is -0.141. The number of carboxylic acid groups (broad SMARTS) is 1. The maximum absolute atomic E-state index is 12.0. The van der Waals surface area contributed by atoms with Crippen molar-refractivity contribution < 1.29 is 19.8 Å². The van der Waals surface area contributed by atoms with Gasteiger partial charge < -0.3 is 15.5 Å². The molecule has 27 heavy (non-hydrogen) atoms. The zero-order chi connectivity index (χ0) is 19.9. The van der Waals surface area contributed by atoms with E-state index in [0.29, 0.717) is 6.42 Å². The Kier molecular flexibility index (Phi) is 12.0. The van der Waals surface area contributed by atoms with Crippen LogP contribution < -0.4 is 5.32 Å². The van der Waals surface area contributed by atoms with Gasteiger partial charge in [0, 0.05) is 12.8 Å². The van der Waals surface area contributed by atoms with E-state index < -0.39 is 12.0 Å². The van der Waals surface area contributed by atoms with Gasteiger partial charge in [-0.1, -0.05) is 76.8 Å². The molecule has 0 fully saturated rings. The first-order valence-corrected chi connectivity index (χ1v) is 10.3. The van der Waals surface area contributed by atoms with Crippen LogP contribution in [0.2, 0.25) is 0 Å². The highest BCUT2D eigenvalue weighted by Crippen LogP contribution is 2.13. The van der Waals surface area contributed by atoms with E-state index in [2.05, 4.69) is 12.2 Å². The maximum Gasteiger partial charge on any atom is 0.326 e. The molecular weight excluding hydrogens is 342 g/mol. The number of carbonyl (C=O) groups is 2. The number of carboxylic acids is 1. The Hall–Kier alpha value is -2.04. The molecule has 5 nitrogen and oxygen atoms in total. The van der Waals surface area contributed by atoms with Crippen LogP contribution >= 0.6 is 0 Å². The minimum Gasteiger partial charge on any atom is -0.508 e. The molecule has 0 bridgehead atoms. The molecule has 1 aromatic rings. The minimum absolute atomic E-state index is 0.135. The number of hydrogen-bond acceptors (Lipinski definition) is 3. The fraction of sp³-hybridized carbons (Fsp3) is 0.636. The highest BCUT2D eigenvalue weighted by Gasteiger charge is 2.20. The Morgan fingerprint density at radius 3 is 1.93 bits per heavy atom. The van der Waals surface area contributed by atoms with Gasteiger partial charge in [-0.15, -0.1) is 0 Å². The largest absolute Gasteiger partial charge is 0.508 e. The number of carbonyl (C=O) groups excluding carboxylic acids is 1. The fourth-order valence-corrected chi connectivity index (χ4v) is 3.11. The van der Waals surface area contributed by atoms with Gasteiger partial charge in [0.2, 0.25) is 5.91 Å². The van der Waals surface area contributed by atoms with Crippen molar-refractivity contribution in [2.75, 3.05) is 0 Å². The van der Waals surface area contributed by atoms with Gasteiger partial charge >= 0.3 is 5.97 Å². The third-order valence-electron chi connectivity index (χ3n) is 4.77. The molecule has 3 N–H and O–H groups in total. The molecule has 0 aliphatic rings. The number of benzene rings is 1. The van der Waals surface area contributed by atoms with Crippen molar-refractivity contribution >= 4 is 11.9 Å². The summed E-state index contributed by atoms with van der Waals surface area (Å²) in [5.74, 6) is -1.11. The van der Waals surface area contributed by atoms with E-state index in [1.165, 1.54) is 57.1 Å². The zero-order valence-electron chi connectivity index (χ0n) is 16.6. The molecule has 0 aromatic heterocycles. The van der Waals surface area contributed by atoms with Gasteiger partial charge in [-0.05, 0) is 24.1 Å². The van der Waals surface area contributed by atoms with Crippen LogP contribution in [0.3, 0.4) is 0 Å². The standard InChI is InChI=1S/C22H35NO4/c1-2-3-4-5-6-7-8-9-10-11-12-21(25)23-20(22(26)27)17-18-13-15-19(24)16-14-18/h13-16,20,24H,2-12,17H2,1H3,(H,23,25)(H,26,27). The lowest BCUT2D eigenvalue weighted by Gasteiger charge is -2.14. The molecule has 5 heteroatoms. The van der Waals surface area contributed by atoms with Gasteiger partial charge in [0.25, 0.3) is 0 Å². The lowest BCUT2D eigenvalue weighted by atomic mass is 10.0. The number of aromatic hydroxyl groups is 1. The molecule has 1 amide bonds. The van der Waals surface area contributed by atoms with E-state index in [-0.39, 0.29) is 18.1 Å². The molecule has 152 valence electrons. The topological polar surface area (TPSA) is 86.6 Å². The van der Waals surface area contributed by atoms with E-state index >= 15 is 0 Å². The van der Waals surface area contributed by atoms with E-state index in [4.69, 9.17) is 0 Å². The number of aliphatic carboxylic acids is 1. The van der Waals surface area contributed by atoms with Crippen molar-refractivity contribution in [1.82, 2.24) is 5.32 Å². The highest BCUT2D eigenvalue weighted by molar-refractivity contribution is 5.83. The van der Waals surface area contributed by atoms with Crippen molar-refractivity contribution in [3.05, 3.63) is 29.8 Å². The molecule has 0 aliphatic carbocycles. The minimum atomic E-state index is -1.04. The molecule has 0 aliphatic heterocycles. The Morgan fingerprint density at radius 1 is 0.889 bits per heavy atom. The first kappa shape index (κ1) is 23.0. The molecule has 1 atom stereocenters. The normalized spacial score (nSPS) is 11.9. The lowest BCUT2D eigenvalue weighted by Crippen LogP contribution is -2.42. The maximum atomic E-state index is 12.0. The summed E-state index contributed by atoms with van der Waals surface area (Å²) in [7, 11) is 0. The SMILES string of the molecule is CCCCCCCCCCCCC(=O)NC(Cc1ccc(O)cc1)C(=O)O. The van der Waals surface area contributed by atoms with Crippen LogP contribution in [0.4, 0.5) is 0 Å². The average Bonchev–Trinajstić information content (AvgIpc) is 2.64. The quantitative estimate of drug-likeness (QED) is 0.383. The van der Waals surface area contributed by atoms with Crippen LogP contribution in [0.1, 0.15) is 83.1 Å². The monoisotopic (exact) mass is 377 g/mol. The van der Waals surface area contributed by atoms with Crippen LogP contribution in [0, 0.1) is 0 Å². The summed E-state index contributed by atoms with van der Waals surface area (Å²) in [6.45, 7) is 2.22. The number of phenols is 1. The zero-order valence-corrected chi connectivity index (χ0v) is 16.6. The van der Waals surface area contributed by atoms with Gasteiger partial charge in [0.1, 0.15) is 11.8 Å². The summed E-state index contributed by atoms with van der Waals surface area (Å²) >= 11 is 0. The van der Waals surface area contributed by atoms with Gasteiger partial charge in [-0.25, -0.2) is 4.79 Å². The Morgan fingerprint density at radius 2 is 1.41 bits per heavy atom. The molecular formula is C22H35NO4. The van der Waals surface area contributed by atoms with Crippen molar-refractivity contribution in [2.45, 2.75) is 90.0 Å². The summed E-state index contributed by atoms with van der Waals surface area (Å²) in [4.78, 5) is 23.4. The molecule has 0 saturated heterocycles. The second kappa shape index (κ2) is 14.1. The van der Waals surface area contributed by atoms with Gasteiger partial charge in [0.15, 0.2) is 0 Å². The third kappa shape index (κ3) is 11.3. The average molecular weight is 378 g/mol. The van der Waals surface area contributed by atoms with E-state index in [0.717, 1.165) is 24.8 Å². The van der Waals surface area contributed by atoms with E-state index in [1.54, 1.807) is 12.1 Å². The van der Waals surface area contributed by atoms with Crippen LogP contribution in [0.15, 0.2) is 24.3 Å². The summed E-state index contributed by atoms with van der Waals surface area (Å²) in [6, 6.07) is 5.42. The number of unbranched alkanes of at least 4 members (excludes halogenated alkanes) is 9. The van der Waals surface area contributed by atoms with Crippen molar-refractivity contribution in [1.29, 1.82) is 0 Å². The summed E-state index contributed by atoms with van der Waals surface area (Å²) in [5, 5.41) is 21.2. The van der Waals surface area contributed by atoms with E-state index in [9.17, 15) is 19.8 Å². The van der Waals surface area contributed by atoms with Crippen LogP contribution in [0.25, 0.3) is 0 Å². The number of nitrogens with one attached hydrogen (secondary N) is 1. The predicted molar refractivity (Wildman–Crippen MR) is 108 cm³/mol. The Balaban J connectivity index is 2.15. The van der Waals surface area contributed by atoms with Crippen molar-refractivity contribution in [2.24, 2.45) is 0 Å². The van der Waals surface area contributed by atoms with Crippen LogP contribution in [-0.2, 0) is 16.0 Å². The van der Waals surface area contributed by atoms with Crippen LogP contribution in [0.5, 0.6) is 5.75 Å². The number of amides is 1. The number of phenolic OH excluding ortho intramolecular Hbond substituents is 1. The summed E-state index contributed by atoms with van der Waals surface area (Å²) < 4.78 is 0. The van der Waals surface area contributed by atoms with Crippen LogP contribution in [-0.4, -0.2) is 28.1 Å². The smallest absolute Gasteiger partial charge is 0.326 e. The van der Waals surface area contributed by atoms with Crippen molar-refractivity contribution in [3.63, 3.8) is 0 Å². The third-order valence-corrected chi connectivity index (χ3v) is 4.77.